The molecule has 0 amide bonds. The van der Waals surface area contributed by atoms with Gasteiger partial charge in [-0.1, -0.05) is 6.07 Å². The number of nitro groups is 1. The van der Waals surface area contributed by atoms with Crippen LogP contribution in [-0.4, -0.2) is 27.7 Å². The van der Waals surface area contributed by atoms with Crippen molar-refractivity contribution in [3.8, 4) is 11.5 Å². The summed E-state index contributed by atoms with van der Waals surface area (Å²) in [4.78, 5) is 27.2. The van der Waals surface area contributed by atoms with Crippen LogP contribution in [0.2, 0.25) is 0 Å². The van der Waals surface area contributed by atoms with Gasteiger partial charge in [0, 0.05) is 17.2 Å². The number of pyridine rings is 1. The molecular weight excluding hydrogens is 370 g/mol. The van der Waals surface area contributed by atoms with E-state index in [0.29, 0.717) is 5.75 Å². The molecule has 8 nitrogen and oxygen atoms in total. The molecule has 0 aliphatic heterocycles. The van der Waals surface area contributed by atoms with Crippen LogP contribution in [0.3, 0.4) is 0 Å². The van der Waals surface area contributed by atoms with E-state index >= 15 is 0 Å². The Bertz CT molecular complexity index is 865. The zero-order valence-corrected chi connectivity index (χ0v) is 16.3. The Kier molecular flexibility index (Phi) is 6.27. The minimum absolute atomic E-state index is 0.000514. The summed E-state index contributed by atoms with van der Waals surface area (Å²) in [6, 6.07) is 6.47. The van der Waals surface area contributed by atoms with E-state index in [1.807, 2.05) is 27.0 Å². The average molecular weight is 391 g/mol. The lowest BCUT2D eigenvalue weighted by Crippen LogP contribution is -2.25. The van der Waals surface area contributed by atoms with Gasteiger partial charge >= 0.3 is 11.7 Å². The molecule has 1 aromatic carbocycles. The molecule has 0 aliphatic rings. The first-order chi connectivity index (χ1) is 12.6. The Morgan fingerprint density at radius 2 is 2.04 bits per heavy atom. The van der Waals surface area contributed by atoms with Crippen LogP contribution in [0.5, 0.6) is 11.5 Å². The first-order valence-electron chi connectivity index (χ1n) is 8.06. The number of thioether (sulfide) groups is 1. The van der Waals surface area contributed by atoms with E-state index in [2.05, 4.69) is 4.98 Å². The van der Waals surface area contributed by atoms with Gasteiger partial charge in [0.05, 0.1) is 11.3 Å². The monoisotopic (exact) mass is 391 g/mol. The maximum atomic E-state index is 12.1. The van der Waals surface area contributed by atoms with Gasteiger partial charge in [-0.25, -0.2) is 4.98 Å². The van der Waals surface area contributed by atoms with Crippen molar-refractivity contribution in [3.05, 3.63) is 46.1 Å². The number of anilines is 1. The van der Waals surface area contributed by atoms with E-state index in [1.165, 1.54) is 24.0 Å². The molecule has 2 N–H and O–H groups in total. The number of hydrogen-bond acceptors (Lipinski definition) is 8. The Balaban J connectivity index is 2.26. The van der Waals surface area contributed by atoms with Crippen molar-refractivity contribution >= 4 is 29.2 Å². The predicted molar refractivity (Wildman–Crippen MR) is 103 cm³/mol. The first kappa shape index (κ1) is 20.5. The second kappa shape index (κ2) is 8.26. The topological polar surface area (TPSA) is 118 Å². The number of hydrogen-bond donors (Lipinski definition) is 1. The molecule has 0 atom stereocenters. The number of nitrogens with zero attached hydrogens (tertiary/aromatic N) is 2. The van der Waals surface area contributed by atoms with Crippen molar-refractivity contribution in [1.82, 2.24) is 4.98 Å². The number of benzene rings is 1. The van der Waals surface area contributed by atoms with Crippen molar-refractivity contribution in [2.24, 2.45) is 0 Å². The van der Waals surface area contributed by atoms with E-state index in [-0.39, 0.29) is 29.6 Å². The summed E-state index contributed by atoms with van der Waals surface area (Å²) in [7, 11) is 0. The summed E-state index contributed by atoms with van der Waals surface area (Å²) in [5, 5.41) is 11.2. The van der Waals surface area contributed by atoms with Gasteiger partial charge in [-0.15, -0.1) is 11.8 Å². The molecule has 2 rings (SSSR count). The zero-order chi connectivity index (χ0) is 20.2. The first-order valence-corrected chi connectivity index (χ1v) is 9.28. The lowest BCUT2D eigenvalue weighted by molar-refractivity contribution is -0.384. The Labute approximate surface area is 161 Å². The van der Waals surface area contributed by atoms with Gasteiger partial charge in [-0.05, 0) is 44.7 Å². The number of carbonyl (C=O) groups is 1. The SMILES string of the molecule is CSc1cc(Oc2ccnc(N)c2[N+](=O)[O-])ccc1CC(=O)OC(C)(C)C. The lowest BCUT2D eigenvalue weighted by atomic mass is 10.1. The summed E-state index contributed by atoms with van der Waals surface area (Å²) in [5.41, 5.74) is 5.41. The molecule has 1 heterocycles. The molecule has 144 valence electrons. The standard InChI is InChI=1S/C18H21N3O5S/c1-18(2,3)26-15(22)9-11-5-6-12(10-14(11)27-4)25-13-7-8-20-17(19)16(13)21(23)24/h5-8,10H,9H2,1-4H3,(H2,19,20). The van der Waals surface area contributed by atoms with Crippen LogP contribution in [0, 0.1) is 10.1 Å². The van der Waals surface area contributed by atoms with E-state index in [4.69, 9.17) is 15.2 Å². The molecule has 2 aromatic rings. The van der Waals surface area contributed by atoms with E-state index in [1.54, 1.807) is 18.2 Å². The third-order valence-electron chi connectivity index (χ3n) is 3.34. The predicted octanol–water partition coefficient (Wildman–Crippen LogP) is 3.97. The fraction of sp³-hybridized carbons (Fsp3) is 0.333. The number of ether oxygens (including phenoxy) is 2. The summed E-state index contributed by atoms with van der Waals surface area (Å²) in [6.45, 7) is 5.43. The molecule has 0 radical (unpaired) electrons. The molecule has 0 saturated carbocycles. The van der Waals surface area contributed by atoms with Crippen LogP contribution < -0.4 is 10.5 Å². The fourth-order valence-corrected chi connectivity index (χ4v) is 2.95. The highest BCUT2D eigenvalue weighted by Crippen LogP contribution is 2.36. The lowest BCUT2D eigenvalue weighted by Gasteiger charge is -2.20. The molecule has 0 saturated heterocycles. The molecule has 9 heteroatoms. The van der Waals surface area contributed by atoms with Gasteiger partial charge in [0.2, 0.25) is 11.6 Å². The van der Waals surface area contributed by atoms with Gasteiger partial charge < -0.3 is 15.2 Å². The minimum Gasteiger partial charge on any atom is -0.460 e. The van der Waals surface area contributed by atoms with Crippen molar-refractivity contribution in [1.29, 1.82) is 0 Å². The maximum Gasteiger partial charge on any atom is 0.353 e. The maximum absolute atomic E-state index is 12.1. The highest BCUT2D eigenvalue weighted by atomic mass is 32.2. The van der Waals surface area contributed by atoms with Crippen molar-refractivity contribution in [2.75, 3.05) is 12.0 Å². The van der Waals surface area contributed by atoms with Crippen molar-refractivity contribution < 1.29 is 19.2 Å². The number of nitrogens with two attached hydrogens (primary N) is 1. The molecule has 1 aromatic heterocycles. The van der Waals surface area contributed by atoms with Gasteiger partial charge in [0.15, 0.2) is 0 Å². The third-order valence-corrected chi connectivity index (χ3v) is 4.16. The van der Waals surface area contributed by atoms with Crippen LogP contribution in [-0.2, 0) is 16.0 Å². The van der Waals surface area contributed by atoms with Crippen molar-refractivity contribution in [3.63, 3.8) is 0 Å². The Morgan fingerprint density at radius 1 is 1.33 bits per heavy atom. The van der Waals surface area contributed by atoms with Crippen LogP contribution in [0.25, 0.3) is 0 Å². The van der Waals surface area contributed by atoms with Crippen LogP contribution in [0.4, 0.5) is 11.5 Å². The van der Waals surface area contributed by atoms with Gasteiger partial charge in [-0.2, -0.15) is 0 Å². The fourth-order valence-electron chi connectivity index (χ4n) is 2.31. The molecule has 0 unspecified atom stereocenters. The van der Waals surface area contributed by atoms with E-state index in [9.17, 15) is 14.9 Å². The molecule has 27 heavy (non-hydrogen) atoms. The second-order valence-corrected chi connectivity index (χ2v) is 7.49. The summed E-state index contributed by atoms with van der Waals surface area (Å²) in [6.07, 6.45) is 3.32. The second-order valence-electron chi connectivity index (χ2n) is 6.64. The largest absolute Gasteiger partial charge is 0.460 e. The molecular formula is C18H21N3O5S. The number of rotatable bonds is 6. The smallest absolute Gasteiger partial charge is 0.353 e. The number of carbonyl (C=O) groups excluding carboxylic acids is 1. The van der Waals surface area contributed by atoms with Crippen molar-refractivity contribution in [2.45, 2.75) is 37.7 Å². The van der Waals surface area contributed by atoms with Gasteiger partial charge in [0.25, 0.3) is 0 Å². The normalized spacial score (nSPS) is 11.1. The average Bonchev–Trinajstić information content (AvgIpc) is 2.54. The molecule has 0 bridgehead atoms. The van der Waals surface area contributed by atoms with Gasteiger partial charge in [0.1, 0.15) is 11.4 Å². The summed E-state index contributed by atoms with van der Waals surface area (Å²) in [5.74, 6) is -0.159. The van der Waals surface area contributed by atoms with E-state index in [0.717, 1.165) is 10.5 Å². The number of nitrogen functional groups attached to an aromatic ring is 1. The number of aromatic nitrogens is 1. The zero-order valence-electron chi connectivity index (χ0n) is 15.5. The molecule has 0 aliphatic carbocycles. The summed E-state index contributed by atoms with van der Waals surface area (Å²) < 4.78 is 11.0. The molecule has 0 fully saturated rings. The van der Waals surface area contributed by atoms with Crippen LogP contribution >= 0.6 is 11.8 Å². The van der Waals surface area contributed by atoms with Gasteiger partial charge in [-0.3, -0.25) is 14.9 Å². The number of esters is 1. The van der Waals surface area contributed by atoms with E-state index < -0.39 is 10.5 Å². The third kappa shape index (κ3) is 5.58. The molecule has 0 spiro atoms. The van der Waals surface area contributed by atoms with Crippen LogP contribution in [0.1, 0.15) is 26.3 Å². The summed E-state index contributed by atoms with van der Waals surface area (Å²) >= 11 is 1.44. The highest BCUT2D eigenvalue weighted by Gasteiger charge is 2.22. The Hall–Kier alpha value is -2.81. The Morgan fingerprint density at radius 3 is 2.63 bits per heavy atom. The van der Waals surface area contributed by atoms with Crippen LogP contribution in [0.15, 0.2) is 35.4 Å². The quantitative estimate of drug-likeness (QED) is 0.340. The highest BCUT2D eigenvalue weighted by molar-refractivity contribution is 7.98. The minimum atomic E-state index is -0.635.